The number of carbonyl (C=O) groups is 1. The van der Waals surface area contributed by atoms with Gasteiger partial charge >= 0.3 is 12.1 Å². The van der Waals surface area contributed by atoms with Gasteiger partial charge in [0.2, 0.25) is 5.88 Å². The van der Waals surface area contributed by atoms with E-state index in [1.54, 1.807) is 30.3 Å². The lowest BCUT2D eigenvalue weighted by Gasteiger charge is -2.11. The predicted octanol–water partition coefficient (Wildman–Crippen LogP) is 4.14. The molecule has 0 aliphatic heterocycles. The maximum atomic E-state index is 13.0. The number of carboxylic acids is 1. The molecule has 122 valence electrons. The van der Waals surface area contributed by atoms with Crippen molar-refractivity contribution in [1.29, 1.82) is 0 Å². The quantitative estimate of drug-likeness (QED) is 0.779. The van der Waals surface area contributed by atoms with Crippen molar-refractivity contribution in [2.24, 2.45) is 0 Å². The highest BCUT2D eigenvalue weighted by Crippen LogP contribution is 2.32. The summed E-state index contributed by atoms with van der Waals surface area (Å²) in [7, 11) is 0. The van der Waals surface area contributed by atoms with E-state index in [4.69, 9.17) is 9.84 Å². The molecule has 2 heterocycles. The van der Waals surface area contributed by atoms with Crippen LogP contribution in [0.25, 0.3) is 11.0 Å². The minimum absolute atomic E-state index is 0.0531. The van der Waals surface area contributed by atoms with Gasteiger partial charge < -0.3 is 9.84 Å². The number of rotatable bonds is 3. The van der Waals surface area contributed by atoms with Crippen LogP contribution in [0.15, 0.2) is 48.5 Å². The maximum absolute atomic E-state index is 13.0. The second-order valence-electron chi connectivity index (χ2n) is 4.80. The Balaban J connectivity index is 2.09. The highest BCUT2D eigenvalue weighted by atomic mass is 19.4. The van der Waals surface area contributed by atoms with Gasteiger partial charge in [-0.25, -0.2) is 9.78 Å². The molecule has 1 aromatic carbocycles. The number of ether oxygens (including phenoxy) is 1. The van der Waals surface area contributed by atoms with E-state index in [-0.39, 0.29) is 16.9 Å². The van der Waals surface area contributed by atoms with Crippen molar-refractivity contribution in [3.63, 3.8) is 0 Å². The summed E-state index contributed by atoms with van der Waals surface area (Å²) in [6.45, 7) is 0. The first-order valence-electron chi connectivity index (χ1n) is 6.70. The predicted molar refractivity (Wildman–Crippen MR) is 78.0 cm³/mol. The van der Waals surface area contributed by atoms with Gasteiger partial charge in [-0.1, -0.05) is 18.2 Å². The smallest absolute Gasteiger partial charge is 0.434 e. The van der Waals surface area contributed by atoms with E-state index in [1.807, 2.05) is 0 Å². The molecule has 1 N–H and O–H groups in total. The van der Waals surface area contributed by atoms with Crippen LogP contribution in [0.5, 0.6) is 11.6 Å². The first kappa shape index (κ1) is 15.7. The van der Waals surface area contributed by atoms with E-state index in [1.165, 1.54) is 12.1 Å². The third-order valence-electron chi connectivity index (χ3n) is 3.12. The van der Waals surface area contributed by atoms with E-state index < -0.39 is 23.4 Å². The number of aromatic carboxylic acids is 1. The summed E-state index contributed by atoms with van der Waals surface area (Å²) in [6.07, 6.45) is -4.90. The lowest BCUT2D eigenvalue weighted by Crippen LogP contribution is -2.15. The van der Waals surface area contributed by atoms with Crippen molar-refractivity contribution < 1.29 is 27.8 Å². The molecular weight excluding hydrogens is 325 g/mol. The fraction of sp³-hybridized carbons (Fsp3) is 0.0625. The zero-order valence-corrected chi connectivity index (χ0v) is 11.9. The Bertz CT molecular complexity index is 912. The summed E-state index contributed by atoms with van der Waals surface area (Å²) in [5.74, 6) is -1.19. The Kier molecular flexibility index (Phi) is 3.80. The highest BCUT2D eigenvalue weighted by molar-refractivity contribution is 5.93. The zero-order chi connectivity index (χ0) is 17.3. The molecule has 0 amide bonds. The van der Waals surface area contributed by atoms with Crippen LogP contribution in [0.3, 0.4) is 0 Å². The van der Waals surface area contributed by atoms with Crippen LogP contribution in [0.1, 0.15) is 16.1 Å². The molecule has 3 rings (SSSR count). The molecule has 2 aromatic heterocycles. The van der Waals surface area contributed by atoms with Crippen LogP contribution in [0.4, 0.5) is 13.2 Å². The Morgan fingerprint density at radius 3 is 2.38 bits per heavy atom. The van der Waals surface area contributed by atoms with Crippen molar-refractivity contribution in [3.05, 3.63) is 59.8 Å². The van der Waals surface area contributed by atoms with Gasteiger partial charge in [-0.05, 0) is 24.3 Å². The van der Waals surface area contributed by atoms with Gasteiger partial charge in [0, 0.05) is 11.5 Å². The molecule has 0 saturated heterocycles. The van der Waals surface area contributed by atoms with Crippen LogP contribution in [-0.2, 0) is 6.18 Å². The van der Waals surface area contributed by atoms with Crippen LogP contribution in [-0.4, -0.2) is 21.0 Å². The minimum Gasteiger partial charge on any atom is -0.478 e. The maximum Gasteiger partial charge on any atom is 0.434 e. The van der Waals surface area contributed by atoms with Crippen molar-refractivity contribution in [1.82, 2.24) is 9.97 Å². The van der Waals surface area contributed by atoms with Gasteiger partial charge in [-0.3, -0.25) is 0 Å². The van der Waals surface area contributed by atoms with Gasteiger partial charge in [-0.15, -0.1) is 0 Å². The molecule has 0 unspecified atom stereocenters. The van der Waals surface area contributed by atoms with Crippen LogP contribution >= 0.6 is 0 Å². The van der Waals surface area contributed by atoms with Gasteiger partial charge in [0.25, 0.3) is 0 Å². The number of halogens is 3. The van der Waals surface area contributed by atoms with Gasteiger partial charge in [0.1, 0.15) is 5.75 Å². The molecule has 5 nitrogen and oxygen atoms in total. The van der Waals surface area contributed by atoms with Crippen molar-refractivity contribution in [3.8, 4) is 11.6 Å². The topological polar surface area (TPSA) is 72.3 Å². The van der Waals surface area contributed by atoms with Gasteiger partial charge in [0.15, 0.2) is 11.3 Å². The molecule has 0 atom stereocenters. The standard InChI is InChI=1S/C16H9F3N2O3/c17-16(18,19)13-11(15(22)23)8-9-6-7-12(20-14(9)21-13)24-10-4-2-1-3-5-10/h1-8H,(H,22,23). The van der Waals surface area contributed by atoms with E-state index >= 15 is 0 Å². The average Bonchev–Trinajstić information content (AvgIpc) is 2.53. The highest BCUT2D eigenvalue weighted by Gasteiger charge is 2.38. The molecule has 3 aromatic rings. The Morgan fingerprint density at radius 2 is 1.75 bits per heavy atom. The second kappa shape index (κ2) is 5.80. The molecule has 0 radical (unpaired) electrons. The number of benzene rings is 1. The van der Waals surface area contributed by atoms with E-state index in [0.717, 1.165) is 6.07 Å². The van der Waals surface area contributed by atoms with E-state index in [0.29, 0.717) is 5.75 Å². The second-order valence-corrected chi connectivity index (χ2v) is 4.80. The largest absolute Gasteiger partial charge is 0.478 e. The molecule has 0 bridgehead atoms. The Labute approximate surface area is 133 Å². The van der Waals surface area contributed by atoms with Crippen LogP contribution in [0, 0.1) is 0 Å². The van der Waals surface area contributed by atoms with Gasteiger partial charge in [-0.2, -0.15) is 18.2 Å². The number of nitrogens with zero attached hydrogens (tertiary/aromatic N) is 2. The lowest BCUT2D eigenvalue weighted by atomic mass is 10.1. The average molecular weight is 334 g/mol. The SMILES string of the molecule is O=C(O)c1cc2ccc(Oc3ccccc3)nc2nc1C(F)(F)F. The zero-order valence-electron chi connectivity index (χ0n) is 11.9. The number of pyridine rings is 2. The molecule has 0 saturated carbocycles. The summed E-state index contributed by atoms with van der Waals surface area (Å²) in [5, 5.41) is 9.12. The number of aromatic nitrogens is 2. The number of hydrogen-bond donors (Lipinski definition) is 1. The summed E-state index contributed by atoms with van der Waals surface area (Å²) in [4.78, 5) is 18.3. The molecule has 0 spiro atoms. The fourth-order valence-corrected chi connectivity index (χ4v) is 2.08. The number of hydrogen-bond acceptors (Lipinski definition) is 4. The molecule has 0 aliphatic rings. The monoisotopic (exact) mass is 334 g/mol. The van der Waals surface area contributed by atoms with Crippen molar-refractivity contribution in [2.75, 3.05) is 0 Å². The third-order valence-corrected chi connectivity index (χ3v) is 3.12. The lowest BCUT2D eigenvalue weighted by molar-refractivity contribution is -0.141. The number of fused-ring (bicyclic) bond motifs is 1. The van der Waals surface area contributed by atoms with Crippen molar-refractivity contribution >= 4 is 17.0 Å². The van der Waals surface area contributed by atoms with Crippen LogP contribution < -0.4 is 4.74 Å². The molecule has 8 heteroatoms. The summed E-state index contributed by atoms with van der Waals surface area (Å²) >= 11 is 0. The minimum atomic E-state index is -4.90. The normalized spacial score (nSPS) is 11.5. The summed E-state index contributed by atoms with van der Waals surface area (Å²) < 4.78 is 44.4. The first-order chi connectivity index (χ1) is 11.3. The molecule has 0 fully saturated rings. The number of alkyl halides is 3. The molecule has 0 aliphatic carbocycles. The molecular formula is C16H9F3N2O3. The van der Waals surface area contributed by atoms with E-state index in [2.05, 4.69) is 9.97 Å². The fourth-order valence-electron chi connectivity index (χ4n) is 2.08. The number of para-hydroxylation sites is 1. The van der Waals surface area contributed by atoms with Crippen molar-refractivity contribution in [2.45, 2.75) is 6.18 Å². The third kappa shape index (κ3) is 3.12. The Hall–Kier alpha value is -3.16. The van der Waals surface area contributed by atoms with E-state index in [9.17, 15) is 18.0 Å². The first-order valence-corrected chi connectivity index (χ1v) is 6.70. The Morgan fingerprint density at radius 1 is 1.04 bits per heavy atom. The van der Waals surface area contributed by atoms with Gasteiger partial charge in [0.05, 0.1) is 5.56 Å². The molecule has 24 heavy (non-hydrogen) atoms. The number of carboxylic acid groups (broad SMARTS) is 1. The summed E-state index contributed by atoms with van der Waals surface area (Å²) in [5.41, 5.74) is -2.67. The van der Waals surface area contributed by atoms with Crippen LogP contribution in [0.2, 0.25) is 0 Å². The summed E-state index contributed by atoms with van der Waals surface area (Å²) in [6, 6.07) is 12.3.